The first-order valence-corrected chi connectivity index (χ1v) is 7.46. The molecule has 1 N–H and O–H groups in total. The SMILES string of the molecule is CCC(Nc1ccncc1Br)C1CCCCC1. The predicted octanol–water partition coefficient (Wildman–Crippen LogP) is 4.61. The fraction of sp³-hybridized carbons (Fsp3) is 0.643. The number of hydrogen-bond acceptors (Lipinski definition) is 2. The van der Waals surface area contributed by atoms with Crippen molar-refractivity contribution in [3.8, 4) is 0 Å². The molecule has 0 spiro atoms. The number of halogens is 1. The third kappa shape index (κ3) is 3.44. The largest absolute Gasteiger partial charge is 0.381 e. The van der Waals surface area contributed by atoms with E-state index in [-0.39, 0.29) is 0 Å². The highest BCUT2D eigenvalue weighted by Crippen LogP contribution is 2.31. The smallest absolute Gasteiger partial charge is 0.0590 e. The second-order valence-corrected chi connectivity index (χ2v) is 5.77. The average Bonchev–Trinajstić information content (AvgIpc) is 2.39. The fourth-order valence-electron chi connectivity index (χ4n) is 2.78. The summed E-state index contributed by atoms with van der Waals surface area (Å²) in [7, 11) is 0. The van der Waals surface area contributed by atoms with Crippen molar-refractivity contribution < 1.29 is 0 Å². The summed E-state index contributed by atoms with van der Waals surface area (Å²) in [5.74, 6) is 0.841. The molecule has 94 valence electrons. The first-order valence-electron chi connectivity index (χ1n) is 6.67. The molecular weight excluding hydrogens is 276 g/mol. The highest BCUT2D eigenvalue weighted by atomic mass is 79.9. The Morgan fingerprint density at radius 3 is 2.82 bits per heavy atom. The zero-order valence-corrected chi connectivity index (χ0v) is 12.0. The second-order valence-electron chi connectivity index (χ2n) is 4.91. The van der Waals surface area contributed by atoms with Crippen LogP contribution in [0, 0.1) is 5.92 Å². The van der Waals surface area contributed by atoms with Gasteiger partial charge in [-0.25, -0.2) is 0 Å². The first kappa shape index (κ1) is 12.9. The van der Waals surface area contributed by atoms with E-state index in [2.05, 4.69) is 39.2 Å². The molecule has 17 heavy (non-hydrogen) atoms. The van der Waals surface area contributed by atoms with Gasteiger partial charge in [-0.2, -0.15) is 0 Å². The van der Waals surface area contributed by atoms with E-state index in [0.29, 0.717) is 6.04 Å². The molecule has 1 atom stereocenters. The number of hydrogen-bond donors (Lipinski definition) is 1. The molecule has 1 fully saturated rings. The van der Waals surface area contributed by atoms with Crippen LogP contribution in [0.4, 0.5) is 5.69 Å². The lowest BCUT2D eigenvalue weighted by atomic mass is 9.83. The van der Waals surface area contributed by atoms with E-state index >= 15 is 0 Å². The van der Waals surface area contributed by atoms with Crippen LogP contribution in [0.3, 0.4) is 0 Å². The summed E-state index contributed by atoms with van der Waals surface area (Å²) in [4.78, 5) is 4.10. The Balaban J connectivity index is 2.01. The molecule has 3 heteroatoms. The first-order chi connectivity index (χ1) is 8.31. The standard InChI is InChI=1S/C14H21BrN2/c1-2-13(11-6-4-3-5-7-11)17-14-8-9-16-10-12(14)15/h8-11,13H,2-7H2,1H3,(H,16,17). The van der Waals surface area contributed by atoms with Gasteiger partial charge in [0.05, 0.1) is 10.2 Å². The van der Waals surface area contributed by atoms with Crippen molar-refractivity contribution in [2.75, 3.05) is 5.32 Å². The summed E-state index contributed by atoms with van der Waals surface area (Å²) in [5.41, 5.74) is 1.18. The van der Waals surface area contributed by atoms with E-state index in [1.165, 1.54) is 44.2 Å². The van der Waals surface area contributed by atoms with Crippen LogP contribution in [0.1, 0.15) is 45.4 Å². The molecule has 2 nitrogen and oxygen atoms in total. The van der Waals surface area contributed by atoms with Gasteiger partial charge in [0.1, 0.15) is 0 Å². The molecule has 1 aromatic heterocycles. The van der Waals surface area contributed by atoms with Crippen molar-refractivity contribution in [1.82, 2.24) is 4.98 Å². The van der Waals surface area contributed by atoms with Crippen LogP contribution in [0.25, 0.3) is 0 Å². The van der Waals surface area contributed by atoms with Crippen LogP contribution >= 0.6 is 15.9 Å². The van der Waals surface area contributed by atoms with E-state index < -0.39 is 0 Å². The van der Waals surface area contributed by atoms with Crippen LogP contribution in [0.5, 0.6) is 0 Å². The Morgan fingerprint density at radius 1 is 1.41 bits per heavy atom. The fourth-order valence-corrected chi connectivity index (χ4v) is 3.15. The Labute approximate surface area is 112 Å². The van der Waals surface area contributed by atoms with Gasteiger partial charge in [0.2, 0.25) is 0 Å². The summed E-state index contributed by atoms with van der Waals surface area (Å²) in [6.45, 7) is 2.28. The van der Waals surface area contributed by atoms with Crippen LogP contribution < -0.4 is 5.32 Å². The Bertz CT molecular complexity index is 348. The average molecular weight is 297 g/mol. The molecule has 0 aromatic carbocycles. The minimum atomic E-state index is 0.606. The predicted molar refractivity (Wildman–Crippen MR) is 76.2 cm³/mol. The molecule has 1 aromatic rings. The maximum absolute atomic E-state index is 4.10. The summed E-state index contributed by atoms with van der Waals surface area (Å²) >= 11 is 3.55. The molecule has 0 saturated heterocycles. The molecular formula is C14H21BrN2. The molecule has 0 bridgehead atoms. The second kappa shape index (κ2) is 6.39. The van der Waals surface area contributed by atoms with Crippen molar-refractivity contribution in [2.24, 2.45) is 5.92 Å². The molecule has 0 aliphatic heterocycles. The Morgan fingerprint density at radius 2 is 2.18 bits per heavy atom. The van der Waals surface area contributed by atoms with Crippen LogP contribution in [-0.4, -0.2) is 11.0 Å². The van der Waals surface area contributed by atoms with Crippen molar-refractivity contribution in [3.05, 3.63) is 22.9 Å². The van der Waals surface area contributed by atoms with E-state index in [9.17, 15) is 0 Å². The maximum Gasteiger partial charge on any atom is 0.0590 e. The lowest BCUT2D eigenvalue weighted by Crippen LogP contribution is -2.30. The molecule has 1 aliphatic carbocycles. The molecule has 1 aliphatic rings. The van der Waals surface area contributed by atoms with E-state index in [4.69, 9.17) is 0 Å². The number of rotatable bonds is 4. The van der Waals surface area contributed by atoms with Crippen molar-refractivity contribution in [3.63, 3.8) is 0 Å². The molecule has 2 rings (SSSR count). The minimum absolute atomic E-state index is 0.606. The Kier molecular flexibility index (Phi) is 4.84. The molecule has 0 radical (unpaired) electrons. The molecule has 1 heterocycles. The minimum Gasteiger partial charge on any atom is -0.381 e. The normalized spacial score (nSPS) is 18.9. The topological polar surface area (TPSA) is 24.9 Å². The quantitative estimate of drug-likeness (QED) is 0.877. The highest BCUT2D eigenvalue weighted by molar-refractivity contribution is 9.10. The lowest BCUT2D eigenvalue weighted by molar-refractivity contribution is 0.313. The number of nitrogens with one attached hydrogen (secondary N) is 1. The van der Waals surface area contributed by atoms with E-state index in [1.54, 1.807) is 0 Å². The monoisotopic (exact) mass is 296 g/mol. The van der Waals surface area contributed by atoms with Gasteiger partial charge < -0.3 is 5.32 Å². The summed E-state index contributed by atoms with van der Waals surface area (Å²) in [6, 6.07) is 2.66. The molecule has 1 saturated carbocycles. The molecule has 0 amide bonds. The van der Waals surface area contributed by atoms with Crippen LogP contribution in [0.15, 0.2) is 22.9 Å². The van der Waals surface area contributed by atoms with Gasteiger partial charge in [-0.15, -0.1) is 0 Å². The zero-order valence-electron chi connectivity index (χ0n) is 10.5. The van der Waals surface area contributed by atoms with Gasteiger partial charge in [0.15, 0.2) is 0 Å². The van der Waals surface area contributed by atoms with Crippen molar-refractivity contribution >= 4 is 21.6 Å². The van der Waals surface area contributed by atoms with Gasteiger partial charge in [-0.05, 0) is 47.2 Å². The summed E-state index contributed by atoms with van der Waals surface area (Å²) in [6.07, 6.45) is 11.9. The molecule has 1 unspecified atom stereocenters. The lowest BCUT2D eigenvalue weighted by Gasteiger charge is -2.31. The zero-order chi connectivity index (χ0) is 12.1. The van der Waals surface area contributed by atoms with Gasteiger partial charge in [0, 0.05) is 18.4 Å². The number of aromatic nitrogens is 1. The highest BCUT2D eigenvalue weighted by Gasteiger charge is 2.22. The Hall–Kier alpha value is -0.570. The van der Waals surface area contributed by atoms with Crippen molar-refractivity contribution in [1.29, 1.82) is 0 Å². The summed E-state index contributed by atoms with van der Waals surface area (Å²) < 4.78 is 1.06. The third-order valence-electron chi connectivity index (χ3n) is 3.77. The van der Waals surface area contributed by atoms with Crippen molar-refractivity contribution in [2.45, 2.75) is 51.5 Å². The van der Waals surface area contributed by atoms with E-state index in [1.807, 2.05) is 12.4 Å². The van der Waals surface area contributed by atoms with Crippen LogP contribution in [-0.2, 0) is 0 Å². The van der Waals surface area contributed by atoms with Gasteiger partial charge >= 0.3 is 0 Å². The van der Waals surface area contributed by atoms with Gasteiger partial charge in [-0.1, -0.05) is 26.2 Å². The van der Waals surface area contributed by atoms with Gasteiger partial charge in [0.25, 0.3) is 0 Å². The number of anilines is 1. The summed E-state index contributed by atoms with van der Waals surface area (Å²) in [5, 5.41) is 3.68. The van der Waals surface area contributed by atoms with Gasteiger partial charge in [-0.3, -0.25) is 4.98 Å². The maximum atomic E-state index is 4.10. The number of nitrogens with zero attached hydrogens (tertiary/aromatic N) is 1. The number of pyridine rings is 1. The third-order valence-corrected chi connectivity index (χ3v) is 4.40. The van der Waals surface area contributed by atoms with Crippen LogP contribution in [0.2, 0.25) is 0 Å². The van der Waals surface area contributed by atoms with E-state index in [0.717, 1.165) is 10.4 Å².